The van der Waals surface area contributed by atoms with Gasteiger partial charge in [-0.2, -0.15) is 0 Å². The fourth-order valence-electron chi connectivity index (χ4n) is 3.54. The third kappa shape index (κ3) is 1.07. The van der Waals surface area contributed by atoms with Gasteiger partial charge in [0, 0.05) is 28.9 Å². The summed E-state index contributed by atoms with van der Waals surface area (Å²) < 4.78 is 2.34. The number of hydrogen-bond acceptors (Lipinski definition) is 2. The molecule has 4 heterocycles. The van der Waals surface area contributed by atoms with E-state index in [4.69, 9.17) is 0 Å². The van der Waals surface area contributed by atoms with Gasteiger partial charge in [0.2, 0.25) is 0 Å². The molecule has 0 unspecified atom stereocenters. The fraction of sp³-hybridized carbons (Fsp3) is 0.176. The van der Waals surface area contributed by atoms with E-state index >= 15 is 0 Å². The lowest BCUT2D eigenvalue weighted by atomic mass is 9.96. The molecule has 20 heavy (non-hydrogen) atoms. The number of imidazole rings is 1. The van der Waals surface area contributed by atoms with Crippen molar-refractivity contribution in [1.29, 1.82) is 0 Å². The predicted molar refractivity (Wildman–Crippen MR) is 80.1 cm³/mol. The summed E-state index contributed by atoms with van der Waals surface area (Å²) in [4.78, 5) is 9.30. The van der Waals surface area contributed by atoms with Crippen molar-refractivity contribution in [3.05, 3.63) is 53.5 Å². The maximum atomic E-state index is 4.65. The van der Waals surface area contributed by atoms with Gasteiger partial charge in [0.1, 0.15) is 5.65 Å². The van der Waals surface area contributed by atoms with Crippen LogP contribution in [-0.2, 0) is 12.8 Å². The molecular formula is C17H13N3. The zero-order chi connectivity index (χ0) is 13.3. The highest BCUT2D eigenvalue weighted by Crippen LogP contribution is 2.35. The lowest BCUT2D eigenvalue weighted by Gasteiger charge is -2.19. The van der Waals surface area contributed by atoms with E-state index in [2.05, 4.69) is 39.5 Å². The Kier molecular flexibility index (Phi) is 1.75. The van der Waals surface area contributed by atoms with Crippen LogP contribution in [0.2, 0.25) is 0 Å². The van der Waals surface area contributed by atoms with Crippen molar-refractivity contribution in [2.45, 2.75) is 19.8 Å². The number of fused-ring (bicyclic) bond motifs is 3. The minimum absolute atomic E-state index is 1.04. The van der Waals surface area contributed by atoms with Gasteiger partial charge in [-0.1, -0.05) is 12.1 Å². The van der Waals surface area contributed by atoms with E-state index in [1.54, 1.807) is 0 Å². The Balaban J connectivity index is 2.28. The van der Waals surface area contributed by atoms with Crippen LogP contribution < -0.4 is 0 Å². The second kappa shape index (κ2) is 3.37. The number of nitrogens with zero attached hydrogens (tertiary/aromatic N) is 3. The first-order valence-electron chi connectivity index (χ1n) is 7.00. The summed E-state index contributed by atoms with van der Waals surface area (Å²) >= 11 is 0. The van der Waals surface area contributed by atoms with Crippen molar-refractivity contribution >= 4 is 27.5 Å². The zero-order valence-electron chi connectivity index (χ0n) is 11.2. The molecule has 3 aromatic heterocycles. The number of rotatable bonds is 0. The molecule has 0 bridgehead atoms. The van der Waals surface area contributed by atoms with Crippen molar-refractivity contribution < 1.29 is 0 Å². The van der Waals surface area contributed by atoms with Gasteiger partial charge in [-0.25, -0.2) is 4.98 Å². The Morgan fingerprint density at radius 2 is 2.05 bits per heavy atom. The average molecular weight is 259 g/mol. The molecule has 0 fully saturated rings. The molecule has 0 aliphatic carbocycles. The van der Waals surface area contributed by atoms with Gasteiger partial charge < -0.3 is 0 Å². The molecule has 5 rings (SSSR count). The largest absolute Gasteiger partial charge is 0.296 e. The SMILES string of the molecule is Cc1ccc2c3c1c1ncccc1c1ncc(n13)CC2. The van der Waals surface area contributed by atoms with Crippen LogP contribution in [0.25, 0.3) is 27.5 Å². The maximum absolute atomic E-state index is 4.65. The molecule has 0 saturated carbocycles. The van der Waals surface area contributed by atoms with Gasteiger partial charge in [-0.05, 0) is 43.0 Å². The van der Waals surface area contributed by atoms with E-state index in [1.165, 1.54) is 27.7 Å². The van der Waals surface area contributed by atoms with E-state index in [0.29, 0.717) is 0 Å². The lowest BCUT2D eigenvalue weighted by Crippen LogP contribution is -2.08. The smallest absolute Gasteiger partial charge is 0.146 e. The standard InChI is InChI=1S/C17H13N3/c1-10-4-5-11-6-7-12-9-19-17-13-3-2-8-18-15(13)14(10)16(11)20(12)17/h2-5,8-9H,6-7H2,1H3. The summed E-state index contributed by atoms with van der Waals surface area (Å²) in [6, 6.07) is 8.60. The molecule has 96 valence electrons. The van der Waals surface area contributed by atoms with E-state index in [0.717, 1.165) is 29.4 Å². The molecule has 1 aliphatic rings. The van der Waals surface area contributed by atoms with Crippen LogP contribution in [-0.4, -0.2) is 14.4 Å². The lowest BCUT2D eigenvalue weighted by molar-refractivity contribution is 0.876. The van der Waals surface area contributed by atoms with Gasteiger partial charge in [0.25, 0.3) is 0 Å². The average Bonchev–Trinajstić information content (AvgIpc) is 2.92. The highest BCUT2D eigenvalue weighted by atomic mass is 15.0. The Labute approximate surface area is 115 Å². The Morgan fingerprint density at radius 1 is 1.10 bits per heavy atom. The van der Waals surface area contributed by atoms with Crippen molar-refractivity contribution in [3.8, 4) is 0 Å². The van der Waals surface area contributed by atoms with Gasteiger partial charge in [0.05, 0.1) is 11.0 Å². The first-order valence-corrected chi connectivity index (χ1v) is 7.00. The van der Waals surface area contributed by atoms with E-state index in [1.807, 2.05) is 18.5 Å². The van der Waals surface area contributed by atoms with Crippen molar-refractivity contribution in [1.82, 2.24) is 14.4 Å². The normalized spacial score (nSPS) is 13.8. The number of aromatic nitrogens is 3. The monoisotopic (exact) mass is 259 g/mol. The molecule has 3 nitrogen and oxygen atoms in total. The fourth-order valence-corrected chi connectivity index (χ4v) is 3.54. The first kappa shape index (κ1) is 10.4. The van der Waals surface area contributed by atoms with Crippen LogP contribution in [0.3, 0.4) is 0 Å². The third-order valence-electron chi connectivity index (χ3n) is 4.46. The molecule has 1 aromatic carbocycles. The van der Waals surface area contributed by atoms with Crippen LogP contribution in [0.5, 0.6) is 0 Å². The Morgan fingerprint density at radius 3 is 3.00 bits per heavy atom. The molecule has 4 aromatic rings. The third-order valence-corrected chi connectivity index (χ3v) is 4.46. The molecule has 0 saturated heterocycles. The summed E-state index contributed by atoms with van der Waals surface area (Å²) in [6.07, 6.45) is 6.06. The molecular weight excluding hydrogens is 246 g/mol. The minimum Gasteiger partial charge on any atom is -0.296 e. The minimum atomic E-state index is 1.04. The number of benzene rings is 1. The van der Waals surface area contributed by atoms with E-state index in [9.17, 15) is 0 Å². The van der Waals surface area contributed by atoms with Crippen molar-refractivity contribution in [3.63, 3.8) is 0 Å². The molecule has 0 radical (unpaired) electrons. The molecule has 0 atom stereocenters. The number of aryl methyl sites for hydroxylation is 3. The number of pyridine rings is 2. The summed E-state index contributed by atoms with van der Waals surface area (Å²) in [6.45, 7) is 2.17. The first-order chi connectivity index (χ1) is 9.84. The Bertz CT molecular complexity index is 1010. The topological polar surface area (TPSA) is 30.2 Å². The van der Waals surface area contributed by atoms with Crippen LogP contribution in [0.4, 0.5) is 0 Å². The van der Waals surface area contributed by atoms with Gasteiger partial charge >= 0.3 is 0 Å². The molecule has 3 heteroatoms. The second-order valence-electron chi connectivity index (χ2n) is 5.57. The van der Waals surface area contributed by atoms with Gasteiger partial charge in [-0.3, -0.25) is 9.38 Å². The summed E-state index contributed by atoms with van der Waals surface area (Å²) in [7, 11) is 0. The van der Waals surface area contributed by atoms with Crippen molar-refractivity contribution in [2.75, 3.05) is 0 Å². The zero-order valence-corrected chi connectivity index (χ0v) is 11.2. The molecule has 1 aliphatic heterocycles. The molecule has 0 N–H and O–H groups in total. The number of hydrogen-bond donors (Lipinski definition) is 0. The molecule has 0 amide bonds. The van der Waals surface area contributed by atoms with Gasteiger partial charge in [0.15, 0.2) is 0 Å². The van der Waals surface area contributed by atoms with Crippen LogP contribution in [0.1, 0.15) is 16.8 Å². The second-order valence-corrected chi connectivity index (χ2v) is 5.57. The molecule has 0 spiro atoms. The van der Waals surface area contributed by atoms with Crippen LogP contribution in [0, 0.1) is 6.92 Å². The van der Waals surface area contributed by atoms with Crippen LogP contribution in [0.15, 0.2) is 36.7 Å². The quantitative estimate of drug-likeness (QED) is 0.453. The van der Waals surface area contributed by atoms with E-state index < -0.39 is 0 Å². The maximum Gasteiger partial charge on any atom is 0.146 e. The van der Waals surface area contributed by atoms with Crippen molar-refractivity contribution in [2.24, 2.45) is 0 Å². The highest BCUT2D eigenvalue weighted by Gasteiger charge is 2.20. The van der Waals surface area contributed by atoms with Gasteiger partial charge in [-0.15, -0.1) is 0 Å². The summed E-state index contributed by atoms with van der Waals surface area (Å²) in [5, 5.41) is 2.43. The van der Waals surface area contributed by atoms with Crippen LogP contribution >= 0.6 is 0 Å². The summed E-state index contributed by atoms with van der Waals surface area (Å²) in [5.41, 5.74) is 7.44. The summed E-state index contributed by atoms with van der Waals surface area (Å²) in [5.74, 6) is 0. The van der Waals surface area contributed by atoms with E-state index in [-0.39, 0.29) is 0 Å². The highest BCUT2D eigenvalue weighted by molar-refractivity contribution is 6.11. The predicted octanol–water partition coefficient (Wildman–Crippen LogP) is 3.44. The Hall–Kier alpha value is -2.42.